The predicted molar refractivity (Wildman–Crippen MR) is 88.0 cm³/mol. The number of benzene rings is 2. The quantitative estimate of drug-likeness (QED) is 0.606. The van der Waals surface area contributed by atoms with Crippen molar-refractivity contribution >= 4 is 33.2 Å². The fourth-order valence-corrected chi connectivity index (χ4v) is 3.74. The largest absolute Gasteiger partial charge is 0.241 e. The summed E-state index contributed by atoms with van der Waals surface area (Å²) in [6.45, 7) is 2.12. The van der Waals surface area contributed by atoms with Crippen LogP contribution in [0.1, 0.15) is 22.1 Å². The number of aryl methyl sites for hydroxylation is 1. The number of nitrogens with zero attached hydrogens (tertiary/aromatic N) is 1. The van der Waals surface area contributed by atoms with Crippen LogP contribution in [-0.2, 0) is 6.42 Å². The SMILES string of the molecule is Cc1cccc(C(CCl)Cc2nc3ccccc3s2)c1. The summed E-state index contributed by atoms with van der Waals surface area (Å²) in [5.41, 5.74) is 3.67. The highest BCUT2D eigenvalue weighted by Gasteiger charge is 2.14. The van der Waals surface area contributed by atoms with Gasteiger partial charge in [-0.05, 0) is 24.6 Å². The van der Waals surface area contributed by atoms with Gasteiger partial charge in [-0.3, -0.25) is 0 Å². The van der Waals surface area contributed by atoms with E-state index in [4.69, 9.17) is 16.6 Å². The van der Waals surface area contributed by atoms with Crippen LogP contribution in [0.4, 0.5) is 0 Å². The van der Waals surface area contributed by atoms with E-state index in [1.165, 1.54) is 20.8 Å². The van der Waals surface area contributed by atoms with E-state index >= 15 is 0 Å². The molecule has 0 radical (unpaired) electrons. The van der Waals surface area contributed by atoms with Crippen LogP contribution >= 0.6 is 22.9 Å². The lowest BCUT2D eigenvalue weighted by atomic mass is 9.96. The molecule has 0 saturated heterocycles. The number of alkyl halides is 1. The van der Waals surface area contributed by atoms with Crippen molar-refractivity contribution in [1.82, 2.24) is 4.98 Å². The molecular weight excluding hydrogens is 286 g/mol. The van der Waals surface area contributed by atoms with Crippen LogP contribution in [0, 0.1) is 6.92 Å². The van der Waals surface area contributed by atoms with Gasteiger partial charge < -0.3 is 0 Å². The number of aromatic nitrogens is 1. The van der Waals surface area contributed by atoms with Gasteiger partial charge in [0.1, 0.15) is 0 Å². The summed E-state index contributed by atoms with van der Waals surface area (Å²) >= 11 is 7.95. The maximum atomic E-state index is 6.18. The molecule has 3 rings (SSSR count). The van der Waals surface area contributed by atoms with Crippen molar-refractivity contribution in [2.75, 3.05) is 5.88 Å². The first-order valence-corrected chi connectivity index (χ1v) is 8.08. The average Bonchev–Trinajstić information content (AvgIpc) is 2.87. The molecule has 0 saturated carbocycles. The lowest BCUT2D eigenvalue weighted by Gasteiger charge is -2.13. The van der Waals surface area contributed by atoms with Crippen molar-refractivity contribution in [2.24, 2.45) is 0 Å². The van der Waals surface area contributed by atoms with Crippen LogP contribution in [-0.4, -0.2) is 10.9 Å². The zero-order valence-corrected chi connectivity index (χ0v) is 12.9. The Morgan fingerprint density at radius 2 is 2.00 bits per heavy atom. The van der Waals surface area contributed by atoms with E-state index in [9.17, 15) is 0 Å². The molecule has 0 spiro atoms. The van der Waals surface area contributed by atoms with E-state index in [1.807, 2.05) is 6.07 Å². The second-order valence-corrected chi connectivity index (χ2v) is 6.47. The number of para-hydroxylation sites is 1. The molecule has 3 heteroatoms. The van der Waals surface area contributed by atoms with E-state index in [0.29, 0.717) is 11.8 Å². The van der Waals surface area contributed by atoms with Crippen LogP contribution in [0.5, 0.6) is 0 Å². The first-order valence-electron chi connectivity index (χ1n) is 6.73. The highest BCUT2D eigenvalue weighted by molar-refractivity contribution is 7.18. The zero-order valence-electron chi connectivity index (χ0n) is 11.3. The van der Waals surface area contributed by atoms with Gasteiger partial charge in [0.05, 0.1) is 15.2 Å². The van der Waals surface area contributed by atoms with E-state index < -0.39 is 0 Å². The minimum atomic E-state index is 0.331. The molecule has 2 aromatic carbocycles. The molecule has 20 heavy (non-hydrogen) atoms. The normalized spacial score (nSPS) is 12.7. The van der Waals surface area contributed by atoms with Crippen LogP contribution in [0.2, 0.25) is 0 Å². The topological polar surface area (TPSA) is 12.9 Å². The molecule has 0 amide bonds. The molecule has 102 valence electrons. The Balaban J connectivity index is 1.87. The van der Waals surface area contributed by atoms with Gasteiger partial charge in [0, 0.05) is 18.2 Å². The Morgan fingerprint density at radius 3 is 2.75 bits per heavy atom. The molecule has 3 aromatic rings. The number of rotatable bonds is 4. The molecule has 1 heterocycles. The number of hydrogen-bond acceptors (Lipinski definition) is 2. The summed E-state index contributed by atoms with van der Waals surface area (Å²) in [6.07, 6.45) is 0.909. The highest BCUT2D eigenvalue weighted by Crippen LogP contribution is 2.28. The first kappa shape index (κ1) is 13.6. The number of fused-ring (bicyclic) bond motifs is 1. The summed E-state index contributed by atoms with van der Waals surface area (Å²) in [5.74, 6) is 0.955. The molecule has 0 bridgehead atoms. The van der Waals surface area contributed by atoms with Crippen molar-refractivity contribution in [1.29, 1.82) is 0 Å². The zero-order chi connectivity index (χ0) is 13.9. The first-order chi connectivity index (χ1) is 9.76. The fourth-order valence-electron chi connectivity index (χ4n) is 2.40. The smallest absolute Gasteiger partial charge is 0.0945 e. The van der Waals surface area contributed by atoms with Crippen molar-refractivity contribution in [3.05, 3.63) is 64.7 Å². The molecule has 1 nitrogen and oxygen atoms in total. The number of halogens is 1. The Kier molecular flexibility index (Phi) is 4.04. The van der Waals surface area contributed by atoms with Gasteiger partial charge in [-0.1, -0.05) is 42.0 Å². The number of thiazole rings is 1. The number of hydrogen-bond donors (Lipinski definition) is 0. The van der Waals surface area contributed by atoms with Gasteiger partial charge in [0.2, 0.25) is 0 Å². The van der Waals surface area contributed by atoms with Crippen LogP contribution in [0.25, 0.3) is 10.2 Å². The van der Waals surface area contributed by atoms with Crippen LogP contribution < -0.4 is 0 Å². The van der Waals surface area contributed by atoms with Crippen molar-refractivity contribution < 1.29 is 0 Å². The van der Waals surface area contributed by atoms with Gasteiger partial charge in [0.15, 0.2) is 0 Å². The summed E-state index contributed by atoms with van der Waals surface area (Å²) in [4.78, 5) is 4.71. The second kappa shape index (κ2) is 5.94. The molecule has 1 unspecified atom stereocenters. The van der Waals surface area contributed by atoms with Crippen molar-refractivity contribution in [3.63, 3.8) is 0 Å². The monoisotopic (exact) mass is 301 g/mol. The predicted octanol–water partition coefficient (Wildman–Crippen LogP) is 5.17. The summed E-state index contributed by atoms with van der Waals surface area (Å²) in [7, 11) is 0. The molecule has 0 N–H and O–H groups in total. The van der Waals surface area contributed by atoms with E-state index in [2.05, 4.69) is 49.4 Å². The van der Waals surface area contributed by atoms with E-state index in [0.717, 1.165) is 11.9 Å². The summed E-state index contributed by atoms with van der Waals surface area (Å²) in [6, 6.07) is 16.9. The van der Waals surface area contributed by atoms with Crippen molar-refractivity contribution in [2.45, 2.75) is 19.3 Å². The fraction of sp³-hybridized carbons (Fsp3) is 0.235. The Hall–Kier alpha value is -1.38. The highest BCUT2D eigenvalue weighted by atomic mass is 35.5. The Labute approximate surface area is 128 Å². The third kappa shape index (κ3) is 2.87. The molecule has 1 atom stereocenters. The molecule has 0 aliphatic carbocycles. The van der Waals surface area contributed by atoms with Gasteiger partial charge in [-0.2, -0.15) is 0 Å². The lowest BCUT2D eigenvalue weighted by Crippen LogP contribution is -2.04. The summed E-state index contributed by atoms with van der Waals surface area (Å²) < 4.78 is 1.25. The molecule has 0 aliphatic heterocycles. The molecule has 0 aliphatic rings. The second-order valence-electron chi connectivity index (χ2n) is 5.04. The average molecular weight is 302 g/mol. The third-order valence-corrected chi connectivity index (χ3v) is 4.89. The Morgan fingerprint density at radius 1 is 1.15 bits per heavy atom. The van der Waals surface area contributed by atoms with Gasteiger partial charge >= 0.3 is 0 Å². The summed E-state index contributed by atoms with van der Waals surface area (Å²) in [5, 5.41) is 1.17. The van der Waals surface area contributed by atoms with Crippen LogP contribution in [0.3, 0.4) is 0 Å². The Bertz CT molecular complexity index is 687. The van der Waals surface area contributed by atoms with Crippen molar-refractivity contribution in [3.8, 4) is 0 Å². The molecular formula is C17H16ClNS. The van der Waals surface area contributed by atoms with Crippen LogP contribution in [0.15, 0.2) is 48.5 Å². The van der Waals surface area contributed by atoms with Gasteiger partial charge in [0.25, 0.3) is 0 Å². The minimum Gasteiger partial charge on any atom is -0.241 e. The van der Waals surface area contributed by atoms with Gasteiger partial charge in [-0.15, -0.1) is 22.9 Å². The van der Waals surface area contributed by atoms with Gasteiger partial charge in [-0.25, -0.2) is 4.98 Å². The lowest BCUT2D eigenvalue weighted by molar-refractivity contribution is 0.762. The minimum absolute atomic E-state index is 0.331. The maximum Gasteiger partial charge on any atom is 0.0945 e. The van der Waals surface area contributed by atoms with E-state index in [1.54, 1.807) is 11.3 Å². The third-order valence-electron chi connectivity index (χ3n) is 3.46. The molecule has 1 aromatic heterocycles. The molecule has 0 fully saturated rings. The van der Waals surface area contributed by atoms with E-state index in [-0.39, 0.29) is 0 Å². The maximum absolute atomic E-state index is 6.18. The standard InChI is InChI=1S/C17H16ClNS/c1-12-5-4-6-13(9-12)14(11-18)10-17-19-15-7-2-3-8-16(15)20-17/h2-9,14H,10-11H2,1H3.